The molecule has 2 aliphatic rings. The Bertz CT molecular complexity index is 1230. The third-order valence-corrected chi connectivity index (χ3v) is 9.67. The summed E-state index contributed by atoms with van der Waals surface area (Å²) in [5.41, 5.74) is -3.09. The molecule has 0 aromatic carbocycles. The number of rotatable bonds is 14. The first-order valence-corrected chi connectivity index (χ1v) is 17.2. The number of carboxylic acid groups (broad SMARTS) is 1. The van der Waals surface area contributed by atoms with Crippen molar-refractivity contribution in [1.29, 1.82) is 0 Å². The second kappa shape index (κ2) is 16.7. The lowest BCUT2D eigenvalue weighted by Crippen LogP contribution is -2.51. The number of alkyl carbamates (subject to hydrolysis) is 3. The number of carbonyl (C=O) groups excluding carboxylic acids is 4. The fourth-order valence-corrected chi connectivity index (χ4v) is 8.03. The summed E-state index contributed by atoms with van der Waals surface area (Å²) < 4.78 is 52.1. The number of aliphatic carboxylic acids is 1. The molecule has 4 amide bonds. The van der Waals surface area contributed by atoms with E-state index in [1.54, 1.807) is 13.8 Å². The second-order valence-electron chi connectivity index (χ2n) is 16.6. The third kappa shape index (κ3) is 14.0. The molecule has 2 fully saturated rings. The lowest BCUT2D eigenvalue weighted by molar-refractivity contribution is -0.160. The SMILES string of the molecule is CCC(=O)NC1CC(C)(C)CC(C)(CNC(=O)OCC(CC)(COC(=O)NC2CC(C)(C)CC(C)(CNC(=O)OCC(F)(F)F)C2)C(=O)O)C1. The van der Waals surface area contributed by atoms with Gasteiger partial charge in [-0.15, -0.1) is 0 Å². The van der Waals surface area contributed by atoms with E-state index in [9.17, 15) is 42.3 Å². The monoisotopic (exact) mass is 722 g/mol. The van der Waals surface area contributed by atoms with E-state index in [0.29, 0.717) is 32.1 Å². The molecule has 5 atom stereocenters. The van der Waals surface area contributed by atoms with Crippen molar-refractivity contribution in [3.8, 4) is 0 Å². The minimum Gasteiger partial charge on any atom is -0.481 e. The number of amides is 4. The number of carbonyl (C=O) groups is 5. The zero-order valence-electron chi connectivity index (χ0n) is 30.7. The Kier molecular flexibility index (Phi) is 14.3. The van der Waals surface area contributed by atoms with Crippen LogP contribution in [0.2, 0.25) is 0 Å². The lowest BCUT2D eigenvalue weighted by Gasteiger charge is -2.47. The van der Waals surface area contributed by atoms with Crippen LogP contribution in [0.5, 0.6) is 0 Å². The van der Waals surface area contributed by atoms with Crippen molar-refractivity contribution in [1.82, 2.24) is 21.3 Å². The van der Waals surface area contributed by atoms with E-state index in [2.05, 4.69) is 39.9 Å². The van der Waals surface area contributed by atoms with E-state index in [1.165, 1.54) is 0 Å². The molecule has 50 heavy (non-hydrogen) atoms. The van der Waals surface area contributed by atoms with Gasteiger partial charge >= 0.3 is 30.4 Å². The molecule has 0 radical (unpaired) electrons. The summed E-state index contributed by atoms with van der Waals surface area (Å²) in [5, 5.41) is 21.0. The van der Waals surface area contributed by atoms with Crippen LogP contribution in [0.1, 0.15) is 107 Å². The standard InChI is InChI=1S/C34H57F3N4O9/c1-9-24(42)40-22-11-29(3,4)15-31(7,13-22)17-38-26(45)48-19-33(10-2,25(43)44)20-49-28(47)41-23-12-30(5,6)16-32(8,14-23)18-39-27(46)50-21-34(35,36)37/h22-23H,9-21H2,1-8H3,(H,38,45)(H,39,46)(H,40,42)(H,41,47)(H,43,44). The highest BCUT2D eigenvalue weighted by atomic mass is 19.4. The molecule has 5 unspecified atom stereocenters. The highest BCUT2D eigenvalue weighted by molar-refractivity contribution is 5.77. The summed E-state index contributed by atoms with van der Waals surface area (Å²) in [5.74, 6) is -1.35. The fourth-order valence-electron chi connectivity index (χ4n) is 8.03. The van der Waals surface area contributed by atoms with Crippen LogP contribution in [-0.4, -0.2) is 86.4 Å². The highest BCUT2D eigenvalue weighted by Gasteiger charge is 2.45. The summed E-state index contributed by atoms with van der Waals surface area (Å²) in [6.45, 7) is 12.8. The van der Waals surface area contributed by atoms with Gasteiger partial charge in [0, 0.05) is 31.6 Å². The molecule has 0 aromatic rings. The molecule has 16 heteroatoms. The Labute approximate surface area is 292 Å². The molecule has 0 heterocycles. The van der Waals surface area contributed by atoms with Gasteiger partial charge in [0.2, 0.25) is 5.91 Å². The quantitative estimate of drug-likeness (QED) is 0.136. The topological polar surface area (TPSA) is 181 Å². The van der Waals surface area contributed by atoms with Crippen molar-refractivity contribution >= 4 is 30.2 Å². The second-order valence-corrected chi connectivity index (χ2v) is 16.6. The van der Waals surface area contributed by atoms with E-state index in [1.807, 2.05) is 27.7 Å². The van der Waals surface area contributed by atoms with Crippen LogP contribution in [0.25, 0.3) is 0 Å². The predicted octanol–water partition coefficient (Wildman–Crippen LogP) is 5.90. The first-order chi connectivity index (χ1) is 22.8. The van der Waals surface area contributed by atoms with Crippen molar-refractivity contribution in [2.75, 3.05) is 32.9 Å². The number of alkyl halides is 3. The molecular weight excluding hydrogens is 665 g/mol. The number of halogens is 3. The van der Waals surface area contributed by atoms with Crippen molar-refractivity contribution in [3.63, 3.8) is 0 Å². The van der Waals surface area contributed by atoms with Crippen LogP contribution in [-0.2, 0) is 23.8 Å². The summed E-state index contributed by atoms with van der Waals surface area (Å²) in [7, 11) is 0. The third-order valence-electron chi connectivity index (χ3n) is 9.67. The maximum absolute atomic E-state index is 12.9. The van der Waals surface area contributed by atoms with Crippen LogP contribution < -0.4 is 21.3 Å². The Morgan fingerprint density at radius 1 is 0.680 bits per heavy atom. The Morgan fingerprint density at radius 2 is 1.10 bits per heavy atom. The maximum atomic E-state index is 12.9. The van der Waals surface area contributed by atoms with Gasteiger partial charge in [-0.3, -0.25) is 9.59 Å². The molecule has 0 bridgehead atoms. The normalized spacial score (nSPS) is 27.1. The molecule has 5 N–H and O–H groups in total. The van der Waals surface area contributed by atoms with E-state index in [4.69, 9.17) is 9.47 Å². The highest BCUT2D eigenvalue weighted by Crippen LogP contribution is 2.47. The Hall–Kier alpha value is -3.46. The zero-order valence-corrected chi connectivity index (χ0v) is 30.7. The molecule has 0 aliphatic heterocycles. The van der Waals surface area contributed by atoms with Gasteiger partial charge in [0.15, 0.2) is 6.61 Å². The molecule has 2 saturated carbocycles. The Morgan fingerprint density at radius 3 is 1.50 bits per heavy atom. The summed E-state index contributed by atoms with van der Waals surface area (Å²) in [6, 6.07) is -0.495. The fraction of sp³-hybridized carbons (Fsp3) is 0.853. The predicted molar refractivity (Wildman–Crippen MR) is 177 cm³/mol. The van der Waals surface area contributed by atoms with Crippen LogP contribution in [0.15, 0.2) is 0 Å². The maximum Gasteiger partial charge on any atom is 0.422 e. The van der Waals surface area contributed by atoms with Gasteiger partial charge in [0.25, 0.3) is 0 Å². The number of nitrogens with one attached hydrogen (secondary N) is 4. The average molecular weight is 723 g/mol. The first-order valence-electron chi connectivity index (χ1n) is 17.2. The zero-order chi connectivity index (χ0) is 38.2. The number of carboxylic acids is 1. The molecule has 13 nitrogen and oxygen atoms in total. The average Bonchev–Trinajstić information content (AvgIpc) is 2.95. The molecule has 2 aliphatic carbocycles. The van der Waals surface area contributed by atoms with Gasteiger partial charge in [-0.05, 0) is 66.6 Å². The number of hydrogen-bond acceptors (Lipinski definition) is 8. The van der Waals surface area contributed by atoms with Gasteiger partial charge in [-0.25, -0.2) is 14.4 Å². The van der Waals surface area contributed by atoms with Crippen LogP contribution in [0, 0.1) is 27.1 Å². The van der Waals surface area contributed by atoms with Crippen LogP contribution in [0.4, 0.5) is 27.6 Å². The van der Waals surface area contributed by atoms with Crippen molar-refractivity contribution in [2.24, 2.45) is 27.1 Å². The molecule has 0 saturated heterocycles. The van der Waals surface area contributed by atoms with Crippen LogP contribution in [0.3, 0.4) is 0 Å². The molecule has 288 valence electrons. The first kappa shape index (κ1) is 42.7. The number of hydrogen-bond donors (Lipinski definition) is 5. The van der Waals surface area contributed by atoms with Crippen molar-refractivity contribution in [3.05, 3.63) is 0 Å². The van der Waals surface area contributed by atoms with E-state index >= 15 is 0 Å². The molecule has 2 rings (SSSR count). The van der Waals surface area contributed by atoms with Gasteiger partial charge in [0.05, 0.1) is 0 Å². The van der Waals surface area contributed by atoms with E-state index in [0.717, 1.165) is 12.8 Å². The minimum atomic E-state index is -4.65. The summed E-state index contributed by atoms with van der Waals surface area (Å²) in [6.07, 6.45) is -3.45. The van der Waals surface area contributed by atoms with Crippen molar-refractivity contribution in [2.45, 2.75) is 125 Å². The molecule has 0 aromatic heterocycles. The summed E-state index contributed by atoms with van der Waals surface area (Å²) >= 11 is 0. The van der Waals surface area contributed by atoms with Gasteiger partial charge in [0.1, 0.15) is 18.6 Å². The smallest absolute Gasteiger partial charge is 0.422 e. The van der Waals surface area contributed by atoms with Crippen LogP contribution >= 0.6 is 0 Å². The Balaban J connectivity index is 1.95. The molecule has 0 spiro atoms. The van der Waals surface area contributed by atoms with E-state index < -0.39 is 67.1 Å². The lowest BCUT2D eigenvalue weighted by atomic mass is 9.62. The van der Waals surface area contributed by atoms with E-state index in [-0.39, 0.29) is 47.7 Å². The molecular formula is C34H57F3N4O9. The van der Waals surface area contributed by atoms with Gasteiger partial charge < -0.3 is 40.6 Å². The van der Waals surface area contributed by atoms with Crippen molar-refractivity contribution < 1.29 is 56.5 Å². The summed E-state index contributed by atoms with van der Waals surface area (Å²) in [4.78, 5) is 61.9. The number of ether oxygens (including phenoxy) is 3. The minimum absolute atomic E-state index is 0.00459. The van der Waals surface area contributed by atoms with Gasteiger partial charge in [-0.1, -0.05) is 55.4 Å². The van der Waals surface area contributed by atoms with Gasteiger partial charge in [-0.2, -0.15) is 13.2 Å². The largest absolute Gasteiger partial charge is 0.481 e.